The minimum Gasteiger partial charge on any atom is -0.366 e. The number of amides is 1. The van der Waals surface area contributed by atoms with Gasteiger partial charge < -0.3 is 5.73 Å². The smallest absolute Gasteiger partial charge is 0.249 e. The van der Waals surface area contributed by atoms with Gasteiger partial charge >= 0.3 is 0 Å². The van der Waals surface area contributed by atoms with E-state index in [9.17, 15) is 4.79 Å². The minimum atomic E-state index is -0.480. The first-order valence-corrected chi connectivity index (χ1v) is 3.72. The molecule has 0 unspecified atom stereocenters. The van der Waals surface area contributed by atoms with Crippen molar-refractivity contribution in [3.8, 4) is 5.75 Å². The highest BCUT2D eigenvalue weighted by atomic mass is 17.2. The van der Waals surface area contributed by atoms with Crippen LogP contribution in [-0.2, 0) is 4.89 Å². The van der Waals surface area contributed by atoms with E-state index in [1.165, 1.54) is 6.26 Å². The maximum absolute atomic E-state index is 11.0. The predicted molar refractivity (Wildman–Crippen MR) is 45.7 cm³/mol. The number of hydrogen-bond donors (Lipinski definition) is 1. The molecular weight excluding hydrogens is 170 g/mol. The second-order valence-corrected chi connectivity index (χ2v) is 2.56. The van der Waals surface area contributed by atoms with Crippen LogP contribution in [0.25, 0.3) is 6.08 Å². The summed E-state index contributed by atoms with van der Waals surface area (Å²) in [6, 6.07) is 5.02. The summed E-state index contributed by atoms with van der Waals surface area (Å²) in [5, 5.41) is 0. The third-order valence-corrected chi connectivity index (χ3v) is 1.76. The first-order chi connectivity index (χ1) is 6.29. The fraction of sp³-hybridized carbons (Fsp3) is 0. The molecule has 1 amide bonds. The van der Waals surface area contributed by atoms with Gasteiger partial charge in [0.05, 0.1) is 5.56 Å². The molecule has 1 aromatic rings. The molecule has 0 spiro atoms. The SMILES string of the molecule is NC(=O)c1cccc2c1C=COO2. The van der Waals surface area contributed by atoms with E-state index in [1.54, 1.807) is 24.3 Å². The molecule has 1 aliphatic rings. The second-order valence-electron chi connectivity index (χ2n) is 2.56. The molecule has 0 saturated carbocycles. The Morgan fingerprint density at radius 2 is 2.23 bits per heavy atom. The topological polar surface area (TPSA) is 61.6 Å². The summed E-state index contributed by atoms with van der Waals surface area (Å²) in [6.45, 7) is 0. The van der Waals surface area contributed by atoms with Crippen LogP contribution in [0.4, 0.5) is 0 Å². The summed E-state index contributed by atoms with van der Waals surface area (Å²) in [7, 11) is 0. The van der Waals surface area contributed by atoms with Gasteiger partial charge in [-0.25, -0.2) is 0 Å². The lowest BCUT2D eigenvalue weighted by Gasteiger charge is -2.12. The van der Waals surface area contributed by atoms with Gasteiger partial charge in [0.1, 0.15) is 6.26 Å². The molecule has 4 heteroatoms. The van der Waals surface area contributed by atoms with Gasteiger partial charge in [0.2, 0.25) is 5.91 Å². The lowest BCUT2D eigenvalue weighted by Crippen LogP contribution is -2.14. The monoisotopic (exact) mass is 177 g/mol. The van der Waals surface area contributed by atoms with Crippen LogP contribution in [0.1, 0.15) is 15.9 Å². The lowest BCUT2D eigenvalue weighted by atomic mass is 10.1. The standard InChI is InChI=1S/C9H7NO3/c10-9(11)7-2-1-3-8-6(7)4-5-12-13-8/h1-5H,(H2,10,11). The molecular formula is C9H7NO3. The fourth-order valence-electron chi connectivity index (χ4n) is 1.18. The number of hydrogen-bond acceptors (Lipinski definition) is 3. The molecule has 0 saturated heterocycles. The van der Waals surface area contributed by atoms with Crippen molar-refractivity contribution in [2.45, 2.75) is 0 Å². The highest BCUT2D eigenvalue weighted by Crippen LogP contribution is 2.26. The van der Waals surface area contributed by atoms with E-state index in [4.69, 9.17) is 10.6 Å². The van der Waals surface area contributed by atoms with Crippen molar-refractivity contribution in [2.24, 2.45) is 5.73 Å². The second kappa shape index (κ2) is 2.82. The summed E-state index contributed by atoms with van der Waals surface area (Å²) in [4.78, 5) is 20.4. The van der Waals surface area contributed by atoms with Crippen LogP contribution >= 0.6 is 0 Å². The molecule has 0 atom stereocenters. The van der Waals surface area contributed by atoms with E-state index >= 15 is 0 Å². The summed E-state index contributed by atoms with van der Waals surface area (Å²) >= 11 is 0. The Morgan fingerprint density at radius 1 is 1.38 bits per heavy atom. The molecule has 4 nitrogen and oxygen atoms in total. The molecule has 1 aromatic carbocycles. The molecule has 0 fully saturated rings. The van der Waals surface area contributed by atoms with Crippen molar-refractivity contribution < 1.29 is 14.6 Å². The van der Waals surface area contributed by atoms with Crippen molar-refractivity contribution in [3.63, 3.8) is 0 Å². The van der Waals surface area contributed by atoms with Crippen LogP contribution in [-0.4, -0.2) is 5.91 Å². The Morgan fingerprint density at radius 3 is 3.00 bits per heavy atom. The van der Waals surface area contributed by atoms with Crippen molar-refractivity contribution in [3.05, 3.63) is 35.6 Å². The van der Waals surface area contributed by atoms with Crippen molar-refractivity contribution >= 4 is 12.0 Å². The molecule has 2 rings (SSSR count). The van der Waals surface area contributed by atoms with Crippen LogP contribution < -0.4 is 10.6 Å². The average Bonchev–Trinajstić information content (AvgIpc) is 2.17. The van der Waals surface area contributed by atoms with Gasteiger partial charge in [-0.05, 0) is 18.2 Å². The largest absolute Gasteiger partial charge is 0.366 e. The zero-order valence-electron chi connectivity index (χ0n) is 6.69. The van der Waals surface area contributed by atoms with Gasteiger partial charge in [-0.2, -0.15) is 0 Å². The average molecular weight is 177 g/mol. The molecule has 2 N–H and O–H groups in total. The van der Waals surface area contributed by atoms with E-state index < -0.39 is 5.91 Å². The molecule has 13 heavy (non-hydrogen) atoms. The Labute approximate surface area is 74.5 Å². The number of primary amides is 1. The number of nitrogens with two attached hydrogens (primary N) is 1. The van der Waals surface area contributed by atoms with Gasteiger partial charge in [0, 0.05) is 5.56 Å². The summed E-state index contributed by atoms with van der Waals surface area (Å²) in [6.07, 6.45) is 2.99. The predicted octanol–water partition coefficient (Wildman–Crippen LogP) is 1.08. The normalized spacial score (nSPS) is 12.6. The van der Waals surface area contributed by atoms with Crippen LogP contribution in [0.3, 0.4) is 0 Å². The highest BCUT2D eigenvalue weighted by molar-refractivity contribution is 5.97. The maximum Gasteiger partial charge on any atom is 0.249 e. The first kappa shape index (κ1) is 7.67. The van der Waals surface area contributed by atoms with Crippen LogP contribution in [0.5, 0.6) is 5.75 Å². The summed E-state index contributed by atoms with van der Waals surface area (Å²) in [5.74, 6) is 0.0193. The van der Waals surface area contributed by atoms with E-state index in [1.807, 2.05) is 0 Å². The van der Waals surface area contributed by atoms with Gasteiger partial charge in [-0.3, -0.25) is 14.6 Å². The zero-order chi connectivity index (χ0) is 9.26. The quantitative estimate of drug-likeness (QED) is 0.653. The van der Waals surface area contributed by atoms with Crippen LogP contribution in [0.2, 0.25) is 0 Å². The Hall–Kier alpha value is -1.97. The lowest BCUT2D eigenvalue weighted by molar-refractivity contribution is -0.151. The van der Waals surface area contributed by atoms with Gasteiger partial charge in [-0.15, -0.1) is 0 Å². The molecule has 0 bridgehead atoms. The van der Waals surface area contributed by atoms with Crippen LogP contribution in [0.15, 0.2) is 24.5 Å². The highest BCUT2D eigenvalue weighted by Gasteiger charge is 2.14. The first-order valence-electron chi connectivity index (χ1n) is 3.72. The third-order valence-electron chi connectivity index (χ3n) is 1.76. The van der Waals surface area contributed by atoms with Gasteiger partial charge in [0.15, 0.2) is 5.75 Å². The van der Waals surface area contributed by atoms with Gasteiger partial charge in [-0.1, -0.05) is 6.07 Å². The number of carbonyl (C=O) groups is 1. The van der Waals surface area contributed by atoms with Crippen molar-refractivity contribution in [1.82, 2.24) is 0 Å². The van der Waals surface area contributed by atoms with Gasteiger partial charge in [0.25, 0.3) is 0 Å². The number of benzene rings is 1. The molecule has 0 radical (unpaired) electrons. The molecule has 0 aliphatic carbocycles. The Kier molecular flexibility index (Phi) is 1.66. The number of fused-ring (bicyclic) bond motifs is 1. The van der Waals surface area contributed by atoms with Crippen molar-refractivity contribution in [1.29, 1.82) is 0 Å². The van der Waals surface area contributed by atoms with E-state index in [2.05, 4.69) is 4.89 Å². The third kappa shape index (κ3) is 1.22. The van der Waals surface area contributed by atoms with E-state index in [0.717, 1.165) is 0 Å². The van der Waals surface area contributed by atoms with E-state index in [0.29, 0.717) is 16.9 Å². The van der Waals surface area contributed by atoms with Crippen LogP contribution in [0, 0.1) is 0 Å². The molecule has 0 aromatic heterocycles. The summed E-state index contributed by atoms with van der Waals surface area (Å²) < 4.78 is 0. The minimum absolute atomic E-state index is 0.428. The molecule has 1 aliphatic heterocycles. The number of carbonyl (C=O) groups excluding carboxylic acids is 1. The molecule has 66 valence electrons. The Bertz CT molecular complexity index is 384. The fourth-order valence-corrected chi connectivity index (χ4v) is 1.18. The van der Waals surface area contributed by atoms with Crippen molar-refractivity contribution in [2.75, 3.05) is 0 Å². The number of rotatable bonds is 1. The van der Waals surface area contributed by atoms with E-state index in [-0.39, 0.29) is 0 Å². The molecule has 1 heterocycles. The Balaban J connectivity index is 2.60. The zero-order valence-corrected chi connectivity index (χ0v) is 6.69. The summed E-state index contributed by atoms with van der Waals surface area (Å²) in [5.41, 5.74) is 6.25. The maximum atomic E-state index is 11.0.